The highest BCUT2D eigenvalue weighted by Gasteiger charge is 2.24. The molecule has 0 saturated heterocycles. The third kappa shape index (κ3) is 3.95. The standard InChI is InChI=1S/C11H24N2O/c1-13(7-3-2-4-8-14)11-6-5-10(12)9-11/h10-11,14H,2-9,12H2,1H3. The molecule has 3 nitrogen and oxygen atoms in total. The lowest BCUT2D eigenvalue weighted by Crippen LogP contribution is -2.31. The summed E-state index contributed by atoms with van der Waals surface area (Å²) in [7, 11) is 2.20. The largest absolute Gasteiger partial charge is 0.396 e. The lowest BCUT2D eigenvalue weighted by atomic mass is 10.2. The number of unbranched alkanes of at least 4 members (excludes halogenated alkanes) is 2. The molecule has 84 valence electrons. The Kier molecular flexibility index (Phi) is 5.45. The second-order valence-electron chi connectivity index (χ2n) is 4.49. The van der Waals surface area contributed by atoms with Crippen molar-refractivity contribution in [2.75, 3.05) is 20.2 Å². The number of aliphatic hydroxyl groups excluding tert-OH is 1. The molecule has 0 aromatic rings. The minimum absolute atomic E-state index is 0.331. The van der Waals surface area contributed by atoms with Gasteiger partial charge in [-0.25, -0.2) is 0 Å². The van der Waals surface area contributed by atoms with Crippen molar-refractivity contribution >= 4 is 0 Å². The van der Waals surface area contributed by atoms with Gasteiger partial charge in [-0.05, 0) is 52.1 Å². The number of aliphatic hydroxyl groups is 1. The van der Waals surface area contributed by atoms with Gasteiger partial charge in [-0.2, -0.15) is 0 Å². The molecule has 2 atom stereocenters. The number of hydrogen-bond donors (Lipinski definition) is 2. The topological polar surface area (TPSA) is 49.5 Å². The summed E-state index contributed by atoms with van der Waals surface area (Å²) in [5, 5.41) is 8.65. The van der Waals surface area contributed by atoms with E-state index in [4.69, 9.17) is 10.8 Å². The highest BCUT2D eigenvalue weighted by Crippen LogP contribution is 2.21. The maximum atomic E-state index is 8.65. The summed E-state index contributed by atoms with van der Waals surface area (Å²) in [5.74, 6) is 0. The SMILES string of the molecule is CN(CCCCCO)C1CCC(N)C1. The van der Waals surface area contributed by atoms with Crippen molar-refractivity contribution in [2.45, 2.75) is 50.6 Å². The molecule has 0 aliphatic heterocycles. The van der Waals surface area contributed by atoms with E-state index in [1.54, 1.807) is 0 Å². The first kappa shape index (κ1) is 12.0. The smallest absolute Gasteiger partial charge is 0.0431 e. The second kappa shape index (κ2) is 6.38. The van der Waals surface area contributed by atoms with Gasteiger partial charge in [0.2, 0.25) is 0 Å². The Morgan fingerprint density at radius 3 is 2.64 bits per heavy atom. The zero-order chi connectivity index (χ0) is 10.4. The van der Waals surface area contributed by atoms with Crippen LogP contribution in [-0.4, -0.2) is 42.3 Å². The number of hydrogen-bond acceptors (Lipinski definition) is 3. The van der Waals surface area contributed by atoms with Gasteiger partial charge in [0, 0.05) is 18.7 Å². The van der Waals surface area contributed by atoms with Gasteiger partial charge >= 0.3 is 0 Å². The molecule has 1 fully saturated rings. The molecule has 0 spiro atoms. The van der Waals surface area contributed by atoms with Crippen molar-refractivity contribution in [2.24, 2.45) is 5.73 Å². The van der Waals surface area contributed by atoms with Crippen LogP contribution in [-0.2, 0) is 0 Å². The molecule has 0 amide bonds. The summed E-state index contributed by atoms with van der Waals surface area (Å²) in [5.41, 5.74) is 5.88. The summed E-state index contributed by atoms with van der Waals surface area (Å²) in [6.07, 6.45) is 6.89. The minimum atomic E-state index is 0.331. The maximum Gasteiger partial charge on any atom is 0.0431 e. The van der Waals surface area contributed by atoms with Crippen molar-refractivity contribution in [1.29, 1.82) is 0 Å². The van der Waals surface area contributed by atoms with Crippen molar-refractivity contribution in [3.8, 4) is 0 Å². The Morgan fingerprint density at radius 1 is 1.29 bits per heavy atom. The lowest BCUT2D eigenvalue weighted by molar-refractivity contribution is 0.231. The molecule has 2 unspecified atom stereocenters. The summed E-state index contributed by atoms with van der Waals surface area (Å²) in [6.45, 7) is 1.48. The van der Waals surface area contributed by atoms with E-state index < -0.39 is 0 Å². The molecule has 1 saturated carbocycles. The average molecular weight is 200 g/mol. The Morgan fingerprint density at radius 2 is 2.07 bits per heavy atom. The fourth-order valence-corrected chi connectivity index (χ4v) is 2.22. The zero-order valence-electron chi connectivity index (χ0n) is 9.28. The van der Waals surface area contributed by atoms with Crippen molar-refractivity contribution in [3.63, 3.8) is 0 Å². The van der Waals surface area contributed by atoms with E-state index in [9.17, 15) is 0 Å². The molecule has 0 bridgehead atoms. The second-order valence-corrected chi connectivity index (χ2v) is 4.49. The van der Waals surface area contributed by atoms with Crippen LogP contribution in [0, 0.1) is 0 Å². The Labute approximate surface area is 87.3 Å². The van der Waals surface area contributed by atoms with Gasteiger partial charge in [0.05, 0.1) is 0 Å². The van der Waals surface area contributed by atoms with E-state index >= 15 is 0 Å². The zero-order valence-corrected chi connectivity index (χ0v) is 9.28. The maximum absolute atomic E-state index is 8.65. The first-order chi connectivity index (χ1) is 6.74. The Balaban J connectivity index is 2.06. The molecule has 3 N–H and O–H groups in total. The highest BCUT2D eigenvalue weighted by atomic mass is 16.2. The van der Waals surface area contributed by atoms with E-state index in [2.05, 4.69) is 11.9 Å². The van der Waals surface area contributed by atoms with Gasteiger partial charge in [0.1, 0.15) is 0 Å². The van der Waals surface area contributed by atoms with Crippen LogP contribution in [0.5, 0.6) is 0 Å². The van der Waals surface area contributed by atoms with Crippen molar-refractivity contribution in [1.82, 2.24) is 4.90 Å². The third-order valence-electron chi connectivity index (χ3n) is 3.24. The number of rotatable bonds is 6. The summed E-state index contributed by atoms with van der Waals surface area (Å²) in [6, 6.07) is 1.14. The molecule has 0 aromatic heterocycles. The molecular weight excluding hydrogens is 176 g/mol. The van der Waals surface area contributed by atoms with Gasteiger partial charge in [0.15, 0.2) is 0 Å². The van der Waals surface area contributed by atoms with Gasteiger partial charge in [-0.1, -0.05) is 0 Å². The van der Waals surface area contributed by atoms with Crippen LogP contribution in [0.4, 0.5) is 0 Å². The van der Waals surface area contributed by atoms with Crippen LogP contribution in [0.2, 0.25) is 0 Å². The van der Waals surface area contributed by atoms with E-state index in [1.807, 2.05) is 0 Å². The molecule has 1 aliphatic rings. The lowest BCUT2D eigenvalue weighted by Gasteiger charge is -2.23. The minimum Gasteiger partial charge on any atom is -0.396 e. The monoisotopic (exact) mass is 200 g/mol. The molecular formula is C11H24N2O. The van der Waals surface area contributed by atoms with Crippen LogP contribution in [0.25, 0.3) is 0 Å². The van der Waals surface area contributed by atoms with Crippen LogP contribution in [0.1, 0.15) is 38.5 Å². The molecule has 1 aliphatic carbocycles. The predicted octanol–water partition coefficient (Wildman–Crippen LogP) is 0.961. The van der Waals surface area contributed by atoms with Gasteiger partial charge < -0.3 is 15.7 Å². The van der Waals surface area contributed by atoms with E-state index in [-0.39, 0.29) is 0 Å². The molecule has 3 heteroatoms. The third-order valence-corrected chi connectivity index (χ3v) is 3.24. The predicted molar refractivity (Wildman–Crippen MR) is 59.2 cm³/mol. The highest BCUT2D eigenvalue weighted by molar-refractivity contribution is 4.83. The van der Waals surface area contributed by atoms with Crippen LogP contribution in [0.15, 0.2) is 0 Å². The van der Waals surface area contributed by atoms with Gasteiger partial charge in [0.25, 0.3) is 0 Å². The van der Waals surface area contributed by atoms with E-state index in [0.717, 1.165) is 25.8 Å². The molecule has 0 heterocycles. The fourth-order valence-electron chi connectivity index (χ4n) is 2.22. The van der Waals surface area contributed by atoms with Crippen LogP contribution in [0.3, 0.4) is 0 Å². The summed E-state index contributed by atoms with van der Waals surface area (Å²) >= 11 is 0. The summed E-state index contributed by atoms with van der Waals surface area (Å²) in [4.78, 5) is 2.43. The van der Waals surface area contributed by atoms with Crippen LogP contribution < -0.4 is 5.73 Å². The molecule has 0 radical (unpaired) electrons. The first-order valence-corrected chi connectivity index (χ1v) is 5.80. The van der Waals surface area contributed by atoms with E-state index in [1.165, 1.54) is 19.3 Å². The summed E-state index contributed by atoms with van der Waals surface area (Å²) < 4.78 is 0. The van der Waals surface area contributed by atoms with Crippen LogP contribution >= 0.6 is 0 Å². The van der Waals surface area contributed by atoms with E-state index in [0.29, 0.717) is 18.7 Å². The fraction of sp³-hybridized carbons (Fsp3) is 1.00. The number of nitrogens with zero attached hydrogens (tertiary/aromatic N) is 1. The molecule has 1 rings (SSSR count). The Bertz CT molecular complexity index is 152. The van der Waals surface area contributed by atoms with Crippen molar-refractivity contribution in [3.05, 3.63) is 0 Å². The molecule has 0 aromatic carbocycles. The normalized spacial score (nSPS) is 27.4. The molecule has 14 heavy (non-hydrogen) atoms. The quantitative estimate of drug-likeness (QED) is 0.628. The van der Waals surface area contributed by atoms with Crippen molar-refractivity contribution < 1.29 is 5.11 Å². The van der Waals surface area contributed by atoms with Gasteiger partial charge in [-0.15, -0.1) is 0 Å². The first-order valence-electron chi connectivity index (χ1n) is 5.80. The Hall–Kier alpha value is -0.120. The van der Waals surface area contributed by atoms with Gasteiger partial charge in [-0.3, -0.25) is 0 Å². The number of nitrogens with two attached hydrogens (primary N) is 1. The average Bonchev–Trinajstić information content (AvgIpc) is 2.59.